The number of hydrogen-bond donors (Lipinski definition) is 0. The summed E-state index contributed by atoms with van der Waals surface area (Å²) in [5.74, 6) is -0.490. The van der Waals surface area contributed by atoms with Crippen molar-refractivity contribution in [3.63, 3.8) is 0 Å². The van der Waals surface area contributed by atoms with E-state index in [4.69, 9.17) is 9.47 Å². The average molecular weight is 438 g/mol. The molecule has 4 rings (SSSR count). The van der Waals surface area contributed by atoms with Crippen molar-refractivity contribution in [3.05, 3.63) is 47.5 Å². The number of rotatable bonds is 0. The summed E-state index contributed by atoms with van der Waals surface area (Å²) in [4.78, 5) is 24.0. The molecule has 0 spiro atoms. The highest BCUT2D eigenvalue weighted by atomic mass is 16.5. The summed E-state index contributed by atoms with van der Waals surface area (Å²) in [6.07, 6.45) is 8.54. The highest BCUT2D eigenvalue weighted by molar-refractivity contribution is 5.69. The van der Waals surface area contributed by atoms with E-state index in [9.17, 15) is 9.59 Å². The van der Waals surface area contributed by atoms with Gasteiger partial charge in [0.1, 0.15) is 24.6 Å². The van der Waals surface area contributed by atoms with E-state index in [2.05, 4.69) is 20.6 Å². The Balaban J connectivity index is 1.55. The van der Waals surface area contributed by atoms with Crippen molar-refractivity contribution >= 4 is 11.9 Å². The van der Waals surface area contributed by atoms with E-state index in [0.29, 0.717) is 24.2 Å². The third kappa shape index (κ3) is 5.57. The number of ether oxygens (including phenoxy) is 2. The Morgan fingerprint density at radius 3 is 2.00 bits per heavy atom. The number of aryl methyl sites for hydroxylation is 1. The predicted molar refractivity (Wildman–Crippen MR) is 113 cm³/mol. The number of aromatic nitrogens is 6. The molecule has 1 aliphatic heterocycles. The summed E-state index contributed by atoms with van der Waals surface area (Å²) in [6, 6.07) is 5.78. The van der Waals surface area contributed by atoms with E-state index in [1.54, 1.807) is 21.8 Å². The van der Waals surface area contributed by atoms with Crippen molar-refractivity contribution in [2.75, 3.05) is 0 Å². The zero-order chi connectivity index (χ0) is 22.3. The second-order valence-electron chi connectivity index (χ2n) is 7.87. The Morgan fingerprint density at radius 1 is 0.781 bits per heavy atom. The van der Waals surface area contributed by atoms with Crippen LogP contribution in [0.25, 0.3) is 11.4 Å². The average Bonchev–Trinajstić information content (AvgIpc) is 3.45. The van der Waals surface area contributed by atoms with Gasteiger partial charge in [-0.2, -0.15) is 0 Å². The molecule has 10 heteroatoms. The SMILES string of the molecule is Cc1ccc2cc1-n1cc(nn1)COC(=O)CCCCCCCC(=O)OCc1cn-2nn1. The Morgan fingerprint density at radius 2 is 1.34 bits per heavy atom. The monoisotopic (exact) mass is 438 g/mol. The lowest BCUT2D eigenvalue weighted by molar-refractivity contribution is -0.146. The van der Waals surface area contributed by atoms with Crippen molar-refractivity contribution < 1.29 is 19.1 Å². The van der Waals surface area contributed by atoms with Gasteiger partial charge in [-0.1, -0.05) is 35.8 Å². The summed E-state index contributed by atoms with van der Waals surface area (Å²) in [5, 5.41) is 16.6. The molecule has 3 heterocycles. The van der Waals surface area contributed by atoms with E-state index >= 15 is 0 Å². The first-order chi connectivity index (χ1) is 15.6. The molecule has 0 N–H and O–H groups in total. The van der Waals surface area contributed by atoms with E-state index in [1.165, 1.54) is 0 Å². The van der Waals surface area contributed by atoms with Gasteiger partial charge in [0.2, 0.25) is 0 Å². The van der Waals surface area contributed by atoms with Crippen molar-refractivity contribution in [3.8, 4) is 11.4 Å². The van der Waals surface area contributed by atoms with Crippen LogP contribution in [0.15, 0.2) is 30.6 Å². The van der Waals surface area contributed by atoms with Crippen LogP contribution in [0.5, 0.6) is 0 Å². The molecule has 32 heavy (non-hydrogen) atoms. The van der Waals surface area contributed by atoms with Crippen molar-refractivity contribution in [1.82, 2.24) is 30.0 Å². The molecule has 2 aromatic heterocycles. The predicted octanol–water partition coefficient (Wildman–Crippen LogP) is 2.99. The van der Waals surface area contributed by atoms with Gasteiger partial charge in [-0.15, -0.1) is 10.2 Å². The highest BCUT2D eigenvalue weighted by Gasteiger charge is 2.12. The van der Waals surface area contributed by atoms with Crippen LogP contribution in [0, 0.1) is 6.92 Å². The van der Waals surface area contributed by atoms with Crippen molar-refractivity contribution in [2.45, 2.75) is 65.1 Å². The fraction of sp³-hybridized carbons (Fsp3) is 0.455. The van der Waals surface area contributed by atoms with Gasteiger partial charge >= 0.3 is 11.9 Å². The van der Waals surface area contributed by atoms with Crippen LogP contribution in [0.2, 0.25) is 0 Å². The number of carbonyl (C=O) groups is 2. The molecule has 0 radical (unpaired) electrons. The van der Waals surface area contributed by atoms with E-state index in [1.807, 2.05) is 25.1 Å². The number of nitrogens with zero attached hydrogens (tertiary/aromatic N) is 6. The first-order valence-corrected chi connectivity index (χ1v) is 10.8. The van der Waals surface area contributed by atoms with Gasteiger partial charge in [-0.3, -0.25) is 9.59 Å². The van der Waals surface area contributed by atoms with Crippen LogP contribution in [0.1, 0.15) is 61.9 Å². The quantitative estimate of drug-likeness (QED) is 0.492. The van der Waals surface area contributed by atoms with E-state index < -0.39 is 0 Å². The maximum absolute atomic E-state index is 12.0. The maximum Gasteiger partial charge on any atom is 0.306 e. The first kappa shape index (κ1) is 21.7. The van der Waals surface area contributed by atoms with Gasteiger partial charge in [0.15, 0.2) is 0 Å². The van der Waals surface area contributed by atoms with Crippen LogP contribution in [-0.2, 0) is 32.3 Å². The van der Waals surface area contributed by atoms with Crippen molar-refractivity contribution in [2.24, 2.45) is 0 Å². The van der Waals surface area contributed by atoms with Crippen LogP contribution in [-0.4, -0.2) is 41.9 Å². The van der Waals surface area contributed by atoms with Crippen LogP contribution in [0.4, 0.5) is 0 Å². The van der Waals surface area contributed by atoms with Crippen LogP contribution < -0.4 is 0 Å². The highest BCUT2D eigenvalue weighted by Crippen LogP contribution is 2.19. The topological polar surface area (TPSA) is 114 Å². The first-order valence-electron chi connectivity index (χ1n) is 10.8. The lowest BCUT2D eigenvalue weighted by Crippen LogP contribution is -2.05. The molecule has 3 aromatic rings. The minimum atomic E-state index is -0.245. The van der Waals surface area contributed by atoms with Crippen LogP contribution in [0.3, 0.4) is 0 Å². The normalized spacial score (nSPS) is 16.4. The molecular weight excluding hydrogens is 412 g/mol. The van der Waals surface area contributed by atoms with Gasteiger partial charge in [0.25, 0.3) is 0 Å². The van der Waals surface area contributed by atoms with Crippen molar-refractivity contribution in [1.29, 1.82) is 0 Å². The third-order valence-electron chi connectivity index (χ3n) is 5.31. The lowest BCUT2D eigenvalue weighted by atomic mass is 10.1. The molecular formula is C22H26N6O4. The molecule has 6 bridgehead atoms. The van der Waals surface area contributed by atoms with Gasteiger partial charge in [-0.05, 0) is 37.5 Å². The largest absolute Gasteiger partial charge is 0.459 e. The zero-order valence-electron chi connectivity index (χ0n) is 18.1. The van der Waals surface area contributed by atoms with E-state index in [0.717, 1.165) is 49.0 Å². The lowest BCUT2D eigenvalue weighted by Gasteiger charge is -2.08. The molecule has 1 aromatic carbocycles. The summed E-state index contributed by atoms with van der Waals surface area (Å²) in [5.41, 5.74) is 3.74. The number of carbonyl (C=O) groups excluding carboxylic acids is 2. The number of fused-ring (bicyclic) bond motifs is 8. The van der Waals surface area contributed by atoms with Gasteiger partial charge < -0.3 is 9.47 Å². The number of hydrogen-bond acceptors (Lipinski definition) is 8. The standard InChI is InChI=1S/C22H26N6O4/c1-16-9-10-19-11-20(16)28-13-18(24-26-28)15-32-22(30)8-6-4-2-3-5-7-21(29)31-14-17-12-27(19)25-23-17/h9-13H,2-8,14-15H2,1H3. The fourth-order valence-electron chi connectivity index (χ4n) is 3.48. The molecule has 0 unspecified atom stereocenters. The Hall–Kier alpha value is -3.56. The molecule has 0 aliphatic carbocycles. The molecule has 0 fully saturated rings. The fourth-order valence-corrected chi connectivity index (χ4v) is 3.48. The van der Waals surface area contributed by atoms with Gasteiger partial charge in [0.05, 0.1) is 23.8 Å². The number of benzene rings is 1. The van der Waals surface area contributed by atoms with E-state index in [-0.39, 0.29) is 25.2 Å². The smallest absolute Gasteiger partial charge is 0.306 e. The number of esters is 2. The Bertz CT molecular complexity index is 1090. The van der Waals surface area contributed by atoms with Gasteiger partial charge in [-0.25, -0.2) is 9.36 Å². The van der Waals surface area contributed by atoms with Gasteiger partial charge in [0, 0.05) is 12.8 Å². The maximum atomic E-state index is 12.0. The summed E-state index contributed by atoms with van der Waals surface area (Å²) in [7, 11) is 0. The minimum absolute atomic E-state index is 0.0894. The minimum Gasteiger partial charge on any atom is -0.459 e. The number of cyclic esters (lactones) is 2. The molecule has 1 aliphatic rings. The molecule has 0 atom stereocenters. The Labute approximate surface area is 185 Å². The summed E-state index contributed by atoms with van der Waals surface area (Å²) >= 11 is 0. The zero-order valence-corrected chi connectivity index (χ0v) is 18.1. The Kier molecular flexibility index (Phi) is 6.88. The second-order valence-corrected chi connectivity index (χ2v) is 7.87. The summed E-state index contributed by atoms with van der Waals surface area (Å²) < 4.78 is 13.9. The molecule has 0 saturated carbocycles. The summed E-state index contributed by atoms with van der Waals surface area (Å²) in [6.45, 7) is 2.15. The molecule has 0 amide bonds. The molecule has 0 saturated heterocycles. The van der Waals surface area contributed by atoms with Crippen LogP contribution >= 0.6 is 0 Å². The third-order valence-corrected chi connectivity index (χ3v) is 5.31. The molecule has 10 nitrogen and oxygen atoms in total. The molecule has 168 valence electrons. The second kappa shape index (κ2) is 10.2.